The van der Waals surface area contributed by atoms with E-state index in [1.54, 1.807) is 24.3 Å². The summed E-state index contributed by atoms with van der Waals surface area (Å²) in [6.07, 6.45) is 2.48. The number of nitrogens with one attached hydrogen (secondary N) is 1. The van der Waals surface area contributed by atoms with Crippen molar-refractivity contribution in [2.45, 2.75) is 40.0 Å². The van der Waals surface area contributed by atoms with Crippen LogP contribution >= 0.6 is 11.3 Å². The monoisotopic (exact) mass is 586 g/mol. The van der Waals surface area contributed by atoms with Crippen LogP contribution < -0.4 is 10.9 Å². The summed E-state index contributed by atoms with van der Waals surface area (Å²) in [5, 5.41) is 4.26. The first-order chi connectivity index (χ1) is 20.0. The molecule has 0 saturated carbocycles. The Kier molecular flexibility index (Phi) is 8.06. The van der Waals surface area contributed by atoms with E-state index in [-0.39, 0.29) is 16.7 Å². The minimum Gasteiger partial charge on any atom is -0.465 e. The highest BCUT2D eigenvalue weighted by Gasteiger charge is 2.34. The molecule has 0 bridgehead atoms. The number of hydrogen-bond acceptors (Lipinski definition) is 7. The number of ether oxygens (including phenoxy) is 2. The van der Waals surface area contributed by atoms with E-state index in [0.29, 0.717) is 32.8 Å². The van der Waals surface area contributed by atoms with Crippen molar-refractivity contribution in [1.82, 2.24) is 4.57 Å². The van der Waals surface area contributed by atoms with Gasteiger partial charge in [0.1, 0.15) is 10.7 Å². The number of anilines is 1. The van der Waals surface area contributed by atoms with Crippen LogP contribution in [0.5, 0.6) is 0 Å². The SMILES string of the molecule is COC(=O)c1c(NC(=O)COC(=O)c2c(-c3ccccc3)c3ccccc3c(=O)n2C)sc2c1CCC(C(C)(C)C)C2. The van der Waals surface area contributed by atoms with Crippen LogP contribution in [-0.2, 0) is 34.2 Å². The summed E-state index contributed by atoms with van der Waals surface area (Å²) < 4.78 is 11.8. The quantitative estimate of drug-likeness (QED) is 0.278. The van der Waals surface area contributed by atoms with Crippen LogP contribution in [0.3, 0.4) is 0 Å². The minimum absolute atomic E-state index is 0.0489. The Bertz CT molecular complexity index is 1750. The summed E-state index contributed by atoms with van der Waals surface area (Å²) in [4.78, 5) is 53.5. The molecule has 1 aliphatic rings. The highest BCUT2D eigenvalue weighted by Crippen LogP contribution is 2.44. The second-order valence-electron chi connectivity index (χ2n) is 11.6. The zero-order chi connectivity index (χ0) is 30.2. The van der Waals surface area contributed by atoms with Crippen molar-refractivity contribution in [3.05, 3.63) is 86.6 Å². The standard InChI is InChI=1S/C33H34N2O6S/c1-33(2,3)20-15-16-23-24(17-20)42-29(27(23)31(38)40-5)34-25(36)18-41-32(39)28-26(19-11-7-6-8-12-19)21-13-9-10-14-22(21)30(37)35(28)4/h6-14,20H,15-18H2,1-5H3,(H,34,36). The summed E-state index contributed by atoms with van der Waals surface area (Å²) >= 11 is 1.37. The van der Waals surface area contributed by atoms with Gasteiger partial charge < -0.3 is 19.4 Å². The Morgan fingerprint density at radius 3 is 2.33 bits per heavy atom. The molecule has 218 valence electrons. The Hall–Kier alpha value is -4.24. The number of amides is 1. The molecule has 1 aliphatic carbocycles. The number of nitrogens with zero attached hydrogens (tertiary/aromatic N) is 1. The van der Waals surface area contributed by atoms with Crippen molar-refractivity contribution in [1.29, 1.82) is 0 Å². The van der Waals surface area contributed by atoms with Gasteiger partial charge in [-0.3, -0.25) is 9.59 Å². The van der Waals surface area contributed by atoms with Crippen molar-refractivity contribution in [3.63, 3.8) is 0 Å². The molecule has 1 N–H and O–H groups in total. The van der Waals surface area contributed by atoms with Gasteiger partial charge >= 0.3 is 11.9 Å². The lowest BCUT2D eigenvalue weighted by molar-refractivity contribution is -0.119. The Balaban J connectivity index is 1.42. The fourth-order valence-electron chi connectivity index (χ4n) is 5.69. The van der Waals surface area contributed by atoms with Crippen LogP contribution in [0.25, 0.3) is 21.9 Å². The number of hydrogen-bond donors (Lipinski definition) is 1. The van der Waals surface area contributed by atoms with Crippen LogP contribution in [0.15, 0.2) is 59.4 Å². The third-order valence-corrected chi connectivity index (χ3v) is 9.20. The molecule has 1 unspecified atom stereocenters. The molecule has 4 aromatic rings. The second-order valence-corrected chi connectivity index (χ2v) is 12.7. The smallest absolute Gasteiger partial charge is 0.356 e. The molecule has 0 aliphatic heterocycles. The zero-order valence-corrected chi connectivity index (χ0v) is 25.2. The molecule has 42 heavy (non-hydrogen) atoms. The maximum Gasteiger partial charge on any atom is 0.356 e. The van der Waals surface area contributed by atoms with Gasteiger partial charge in [0, 0.05) is 22.9 Å². The molecule has 2 aromatic heterocycles. The number of carbonyl (C=O) groups is 3. The van der Waals surface area contributed by atoms with Crippen LogP contribution in [-0.4, -0.2) is 36.1 Å². The van der Waals surface area contributed by atoms with Gasteiger partial charge in [-0.05, 0) is 53.2 Å². The summed E-state index contributed by atoms with van der Waals surface area (Å²) in [5.74, 6) is -1.45. The average molecular weight is 587 g/mol. The molecule has 5 rings (SSSR count). The normalized spacial score (nSPS) is 14.7. The number of fused-ring (bicyclic) bond motifs is 2. The maximum absolute atomic E-state index is 13.5. The Morgan fingerprint density at radius 2 is 1.67 bits per heavy atom. The van der Waals surface area contributed by atoms with Gasteiger partial charge in [0.15, 0.2) is 6.61 Å². The average Bonchev–Trinajstić information content (AvgIpc) is 3.34. The lowest BCUT2D eigenvalue weighted by Crippen LogP contribution is -2.28. The van der Waals surface area contributed by atoms with Gasteiger partial charge in [-0.25, -0.2) is 9.59 Å². The first kappa shape index (κ1) is 29.3. The zero-order valence-electron chi connectivity index (χ0n) is 24.4. The second kappa shape index (κ2) is 11.6. The summed E-state index contributed by atoms with van der Waals surface area (Å²) in [6, 6.07) is 16.4. The van der Waals surface area contributed by atoms with Crippen molar-refractivity contribution in [3.8, 4) is 11.1 Å². The van der Waals surface area contributed by atoms with Crippen molar-refractivity contribution >= 4 is 45.0 Å². The van der Waals surface area contributed by atoms with Gasteiger partial charge in [0.05, 0.1) is 12.7 Å². The lowest BCUT2D eigenvalue weighted by atomic mass is 9.72. The van der Waals surface area contributed by atoms with E-state index in [1.165, 1.54) is 30.1 Å². The number of aromatic nitrogens is 1. The summed E-state index contributed by atoms with van der Waals surface area (Å²) in [5.41, 5.74) is 2.39. The molecule has 0 spiro atoms. The van der Waals surface area contributed by atoms with Crippen molar-refractivity contribution in [2.24, 2.45) is 18.4 Å². The predicted octanol–water partition coefficient (Wildman–Crippen LogP) is 6.00. The fraction of sp³-hybridized carbons (Fsp3) is 0.333. The molecule has 1 amide bonds. The van der Waals surface area contributed by atoms with E-state index in [1.807, 2.05) is 30.3 Å². The first-order valence-corrected chi connectivity index (χ1v) is 14.7. The molecule has 8 nitrogen and oxygen atoms in total. The van der Waals surface area contributed by atoms with Crippen molar-refractivity contribution in [2.75, 3.05) is 19.0 Å². The van der Waals surface area contributed by atoms with Crippen LogP contribution in [0.2, 0.25) is 0 Å². The largest absolute Gasteiger partial charge is 0.465 e. The Labute approximate surface area is 248 Å². The number of rotatable bonds is 6. The fourth-order valence-corrected chi connectivity index (χ4v) is 7.03. The molecular formula is C33H34N2O6S. The van der Waals surface area contributed by atoms with Gasteiger partial charge in [0.2, 0.25) is 0 Å². The van der Waals surface area contributed by atoms with Gasteiger partial charge in [-0.2, -0.15) is 0 Å². The van der Waals surface area contributed by atoms with Gasteiger partial charge in [-0.15, -0.1) is 11.3 Å². The number of pyridine rings is 1. The highest BCUT2D eigenvalue weighted by molar-refractivity contribution is 7.17. The highest BCUT2D eigenvalue weighted by atomic mass is 32.1. The minimum atomic E-state index is -0.805. The first-order valence-electron chi connectivity index (χ1n) is 13.9. The number of carbonyl (C=O) groups excluding carboxylic acids is 3. The topological polar surface area (TPSA) is 104 Å². The summed E-state index contributed by atoms with van der Waals surface area (Å²) in [6.45, 7) is 6.04. The van der Waals surface area contributed by atoms with E-state index in [4.69, 9.17) is 9.47 Å². The van der Waals surface area contributed by atoms with E-state index in [2.05, 4.69) is 26.1 Å². The number of esters is 2. The predicted molar refractivity (Wildman–Crippen MR) is 164 cm³/mol. The van der Waals surface area contributed by atoms with Crippen LogP contribution in [0.4, 0.5) is 5.00 Å². The number of thiophene rings is 1. The number of methoxy groups -OCH3 is 1. The molecule has 0 fully saturated rings. The molecule has 2 aromatic carbocycles. The van der Waals surface area contributed by atoms with E-state index in [9.17, 15) is 19.2 Å². The molecule has 0 radical (unpaired) electrons. The molecule has 0 saturated heterocycles. The van der Waals surface area contributed by atoms with E-state index in [0.717, 1.165) is 35.3 Å². The van der Waals surface area contributed by atoms with Crippen molar-refractivity contribution < 1.29 is 23.9 Å². The van der Waals surface area contributed by atoms with Gasteiger partial charge in [0.25, 0.3) is 11.5 Å². The lowest BCUT2D eigenvalue weighted by Gasteiger charge is -2.33. The van der Waals surface area contributed by atoms with E-state index < -0.39 is 24.5 Å². The number of benzene rings is 2. The summed E-state index contributed by atoms with van der Waals surface area (Å²) in [7, 11) is 2.83. The van der Waals surface area contributed by atoms with Gasteiger partial charge in [-0.1, -0.05) is 69.3 Å². The third kappa shape index (κ3) is 5.48. The maximum atomic E-state index is 13.5. The Morgan fingerprint density at radius 1 is 1.00 bits per heavy atom. The molecule has 9 heteroatoms. The third-order valence-electron chi connectivity index (χ3n) is 8.03. The van der Waals surface area contributed by atoms with Crippen LogP contribution in [0.1, 0.15) is 58.5 Å². The molecular weight excluding hydrogens is 552 g/mol. The van der Waals surface area contributed by atoms with E-state index >= 15 is 0 Å². The molecule has 1 atom stereocenters. The van der Waals surface area contributed by atoms with Crippen LogP contribution in [0, 0.1) is 11.3 Å². The molecule has 2 heterocycles.